The van der Waals surface area contributed by atoms with Crippen LogP contribution in [0.1, 0.15) is 13.8 Å². The molecule has 2 saturated heterocycles. The lowest BCUT2D eigenvalue weighted by Gasteiger charge is -2.30. The van der Waals surface area contributed by atoms with Crippen LogP contribution in [-0.4, -0.2) is 48.1 Å². The zero-order chi connectivity index (χ0) is 12.7. The largest absolute Gasteiger partial charge is 0.374 e. The maximum absolute atomic E-state index is 5.74. The number of nitrogens with one attached hydrogen (secondary N) is 2. The maximum atomic E-state index is 5.74. The van der Waals surface area contributed by atoms with Crippen LogP contribution in [0, 0.1) is 0 Å². The van der Waals surface area contributed by atoms with Crippen molar-refractivity contribution in [3.05, 3.63) is 0 Å². The summed E-state index contributed by atoms with van der Waals surface area (Å²) in [6.07, 6.45) is 1.60. The molecule has 2 fully saturated rings. The molecule has 2 heterocycles. The number of alkyl halides is 1. The molecule has 0 radical (unpaired) electrons. The highest BCUT2D eigenvalue weighted by atomic mass is 35.5. The van der Waals surface area contributed by atoms with E-state index >= 15 is 0 Å². The Hall–Kier alpha value is -0.390. The van der Waals surface area contributed by atoms with Gasteiger partial charge in [0.05, 0.1) is 19.3 Å². The summed E-state index contributed by atoms with van der Waals surface area (Å²) in [4.78, 5) is 0. The highest BCUT2D eigenvalue weighted by molar-refractivity contribution is 8.14. The molecule has 5 nitrogen and oxygen atoms in total. The Balaban J connectivity index is 0.000000171. The SMILES string of the molecule is CC1NC(Cl)COC1C.NC=[N+]=C1NCCS1. The Morgan fingerprint density at radius 2 is 2.35 bits per heavy atom. The van der Waals surface area contributed by atoms with Crippen molar-refractivity contribution in [2.75, 3.05) is 18.9 Å². The first kappa shape index (κ1) is 14.7. The van der Waals surface area contributed by atoms with Crippen molar-refractivity contribution in [1.29, 1.82) is 0 Å². The Morgan fingerprint density at radius 1 is 1.59 bits per heavy atom. The third-order valence-electron chi connectivity index (χ3n) is 2.46. The van der Waals surface area contributed by atoms with Crippen LogP contribution in [0.25, 0.3) is 0 Å². The molecule has 3 unspecified atom stereocenters. The lowest BCUT2D eigenvalue weighted by molar-refractivity contribution is 0.00486. The van der Waals surface area contributed by atoms with Crippen LogP contribution in [0.15, 0.2) is 0 Å². The Morgan fingerprint density at radius 3 is 2.82 bits per heavy atom. The highest BCUT2D eigenvalue weighted by Gasteiger charge is 2.21. The molecule has 0 aromatic carbocycles. The van der Waals surface area contributed by atoms with Crippen molar-refractivity contribution in [3.8, 4) is 0 Å². The van der Waals surface area contributed by atoms with E-state index in [1.54, 1.807) is 11.8 Å². The Bertz CT molecular complexity index is 288. The molecule has 0 amide bonds. The minimum atomic E-state index is -0.00352. The van der Waals surface area contributed by atoms with E-state index in [2.05, 4.69) is 22.2 Å². The number of nitrogens with two attached hydrogens (primary N) is 1. The van der Waals surface area contributed by atoms with Gasteiger partial charge in [-0.1, -0.05) is 0 Å². The number of amidine groups is 1. The molecule has 3 atom stereocenters. The van der Waals surface area contributed by atoms with Crippen molar-refractivity contribution < 1.29 is 4.74 Å². The summed E-state index contributed by atoms with van der Waals surface area (Å²) in [7, 11) is 0. The number of hydrogen-bond donors (Lipinski definition) is 3. The second kappa shape index (κ2) is 7.84. The number of ether oxygens (including phenoxy) is 1. The fourth-order valence-electron chi connectivity index (χ4n) is 1.36. The smallest absolute Gasteiger partial charge is 0.345 e. The van der Waals surface area contributed by atoms with E-state index in [1.165, 1.54) is 6.34 Å². The number of rotatable bonds is 0. The van der Waals surface area contributed by atoms with Crippen molar-refractivity contribution in [1.82, 2.24) is 15.3 Å². The van der Waals surface area contributed by atoms with E-state index in [9.17, 15) is 0 Å². The molecule has 17 heavy (non-hydrogen) atoms. The van der Waals surface area contributed by atoms with Gasteiger partial charge in [0, 0.05) is 11.8 Å². The molecule has 0 aromatic heterocycles. The molecule has 4 N–H and O–H groups in total. The predicted octanol–water partition coefficient (Wildman–Crippen LogP) is -0.319. The first-order valence-electron chi connectivity index (χ1n) is 5.63. The van der Waals surface area contributed by atoms with Gasteiger partial charge in [-0.2, -0.15) is 0 Å². The summed E-state index contributed by atoms with van der Waals surface area (Å²) >= 11 is 7.44. The first-order chi connectivity index (χ1) is 8.13. The van der Waals surface area contributed by atoms with Gasteiger partial charge in [-0.25, -0.2) is 4.67 Å². The summed E-state index contributed by atoms with van der Waals surface area (Å²) in [5.41, 5.74) is 5.04. The molecular formula is C10H20ClN4OS+. The number of thioether (sulfide) groups is 1. The fraction of sp³-hybridized carbons (Fsp3) is 0.800. The number of nitrogens with zero attached hydrogens (tertiary/aromatic N) is 1. The van der Waals surface area contributed by atoms with Gasteiger partial charge in [-0.3, -0.25) is 10.6 Å². The van der Waals surface area contributed by atoms with Crippen molar-refractivity contribution in [2.45, 2.75) is 31.5 Å². The summed E-state index contributed by atoms with van der Waals surface area (Å²) in [5.74, 6) is 1.10. The number of hydrogen-bond acceptors (Lipinski definition) is 3. The van der Waals surface area contributed by atoms with Crippen LogP contribution in [-0.2, 0) is 4.74 Å². The first-order valence-corrected chi connectivity index (χ1v) is 7.05. The van der Waals surface area contributed by atoms with Gasteiger partial charge in [0.2, 0.25) is 0 Å². The van der Waals surface area contributed by atoms with Gasteiger partial charge in [-0.05, 0) is 25.6 Å². The molecule has 2 rings (SSSR count). The van der Waals surface area contributed by atoms with Gasteiger partial charge >= 0.3 is 5.17 Å². The molecule has 98 valence electrons. The highest BCUT2D eigenvalue weighted by Crippen LogP contribution is 2.08. The third kappa shape index (κ3) is 5.66. The van der Waals surface area contributed by atoms with Crippen LogP contribution in [0.2, 0.25) is 0 Å². The van der Waals surface area contributed by atoms with E-state index in [0.29, 0.717) is 18.8 Å². The average Bonchev–Trinajstić information content (AvgIpc) is 2.78. The second-order valence-electron chi connectivity index (χ2n) is 3.82. The summed E-state index contributed by atoms with van der Waals surface area (Å²) in [6.45, 7) is 5.74. The van der Waals surface area contributed by atoms with Crippen LogP contribution >= 0.6 is 23.4 Å². The molecule has 0 aliphatic carbocycles. The van der Waals surface area contributed by atoms with Crippen molar-refractivity contribution in [2.24, 2.45) is 5.73 Å². The molecule has 0 spiro atoms. The monoisotopic (exact) mass is 279 g/mol. The van der Waals surface area contributed by atoms with Gasteiger partial charge in [0.15, 0.2) is 0 Å². The van der Waals surface area contributed by atoms with E-state index in [0.717, 1.165) is 17.5 Å². The van der Waals surface area contributed by atoms with Gasteiger partial charge < -0.3 is 10.5 Å². The van der Waals surface area contributed by atoms with Crippen LogP contribution < -0.4 is 21.0 Å². The molecule has 0 saturated carbocycles. The van der Waals surface area contributed by atoms with E-state index in [1.807, 2.05) is 6.92 Å². The van der Waals surface area contributed by atoms with E-state index in [4.69, 9.17) is 22.1 Å². The molecule has 7 heteroatoms. The number of halogens is 1. The van der Waals surface area contributed by atoms with Gasteiger partial charge in [0.1, 0.15) is 5.50 Å². The van der Waals surface area contributed by atoms with E-state index < -0.39 is 0 Å². The predicted molar refractivity (Wildman–Crippen MR) is 75.5 cm³/mol. The Kier molecular flexibility index (Phi) is 6.77. The molecule has 2 aliphatic rings. The van der Waals surface area contributed by atoms with Gasteiger partial charge in [0.25, 0.3) is 6.34 Å². The minimum Gasteiger partial charge on any atom is -0.374 e. The number of morpholine rings is 1. The van der Waals surface area contributed by atoms with Crippen LogP contribution in [0.3, 0.4) is 0 Å². The van der Waals surface area contributed by atoms with Crippen LogP contribution in [0.4, 0.5) is 0 Å². The van der Waals surface area contributed by atoms with Crippen molar-refractivity contribution in [3.63, 3.8) is 0 Å². The Labute approximate surface area is 111 Å². The second-order valence-corrected chi connectivity index (χ2v) is 5.43. The lowest BCUT2D eigenvalue weighted by atomic mass is 10.2. The fourth-order valence-corrected chi connectivity index (χ4v) is 2.37. The minimum absolute atomic E-state index is 0.00352. The molecular weight excluding hydrogens is 260 g/mol. The van der Waals surface area contributed by atoms with E-state index in [-0.39, 0.29) is 5.50 Å². The maximum Gasteiger partial charge on any atom is 0.345 e. The summed E-state index contributed by atoms with van der Waals surface area (Å²) in [6, 6.07) is 0.376. The zero-order valence-electron chi connectivity index (χ0n) is 10.1. The normalized spacial score (nSPS) is 31.9. The lowest BCUT2D eigenvalue weighted by Crippen LogP contribution is -2.49. The molecule has 2 aliphatic heterocycles. The molecule has 0 bridgehead atoms. The quantitative estimate of drug-likeness (QED) is 0.186. The topological polar surface area (TPSA) is 73.4 Å². The molecule has 0 aromatic rings. The summed E-state index contributed by atoms with van der Waals surface area (Å²) < 4.78 is 9.15. The summed E-state index contributed by atoms with van der Waals surface area (Å²) in [5, 5.41) is 7.17. The van der Waals surface area contributed by atoms with Crippen LogP contribution in [0.5, 0.6) is 0 Å². The van der Waals surface area contributed by atoms with Gasteiger partial charge in [-0.15, -0.1) is 11.6 Å². The zero-order valence-corrected chi connectivity index (χ0v) is 11.7. The average molecular weight is 280 g/mol. The third-order valence-corrected chi connectivity index (χ3v) is 3.65. The standard InChI is InChI=1S/C6H12ClNO.C4H7N3S/c1-4-5(2)9-3-6(7)8-4;5-3-7-4-6-1-2-8-4/h4-6,8H,3H2,1-2H3;3H,1-2H2,(H2,5,6,7)/p+1. The van der Waals surface area contributed by atoms with Crippen molar-refractivity contribution >= 4 is 34.9 Å².